The predicted molar refractivity (Wildman–Crippen MR) is 119 cm³/mol. The number of aromatic nitrogens is 3. The number of thiophene rings is 1. The molecule has 30 heavy (non-hydrogen) atoms. The zero-order chi connectivity index (χ0) is 20.5. The highest BCUT2D eigenvalue weighted by Gasteiger charge is 2.28. The van der Waals surface area contributed by atoms with Gasteiger partial charge in [0.25, 0.3) is 5.56 Å². The highest BCUT2D eigenvalue weighted by molar-refractivity contribution is 7.22. The van der Waals surface area contributed by atoms with Crippen molar-refractivity contribution in [2.45, 2.75) is 19.4 Å². The minimum absolute atomic E-state index is 0.0919. The van der Waals surface area contributed by atoms with Crippen LogP contribution in [0.3, 0.4) is 0 Å². The number of benzene rings is 1. The minimum Gasteiger partial charge on any atom is -0.464 e. The van der Waals surface area contributed by atoms with Gasteiger partial charge in [0.05, 0.1) is 34.5 Å². The molecule has 9 heteroatoms. The van der Waals surface area contributed by atoms with E-state index in [4.69, 9.17) is 9.72 Å². The molecule has 1 atom stereocenters. The molecule has 0 aliphatic carbocycles. The average molecular weight is 441 g/mol. The minimum atomic E-state index is -0.209. The number of ether oxygens (including phenoxy) is 1. The molecule has 0 bridgehead atoms. The third kappa shape index (κ3) is 3.70. The van der Waals surface area contributed by atoms with Crippen LogP contribution in [0.4, 0.5) is 5.13 Å². The average Bonchev–Trinajstić information content (AvgIpc) is 3.42. The van der Waals surface area contributed by atoms with E-state index in [0.717, 1.165) is 34.7 Å². The number of carbonyl (C=O) groups excluding carboxylic acids is 1. The number of hydrogen-bond donors (Lipinski definition) is 0. The van der Waals surface area contributed by atoms with Gasteiger partial charge in [-0.25, -0.2) is 9.97 Å². The molecule has 1 aliphatic rings. The third-order valence-corrected chi connectivity index (χ3v) is 7.31. The van der Waals surface area contributed by atoms with Gasteiger partial charge in [-0.05, 0) is 36.4 Å². The van der Waals surface area contributed by atoms with Crippen LogP contribution in [0.1, 0.15) is 12.8 Å². The maximum Gasteiger partial charge on any atom is 0.310 e. The van der Waals surface area contributed by atoms with Gasteiger partial charge >= 0.3 is 5.97 Å². The molecule has 1 fully saturated rings. The van der Waals surface area contributed by atoms with Gasteiger partial charge in [-0.3, -0.25) is 14.2 Å². The highest BCUT2D eigenvalue weighted by atomic mass is 32.1. The SMILES string of the molecule is O=C(OCCn1cnc2ccsc2c1=O)C1CCCN(c2nc3ccccc3s2)C1. The maximum atomic E-state index is 12.6. The lowest BCUT2D eigenvalue weighted by molar-refractivity contribution is -0.149. The Balaban J connectivity index is 1.20. The van der Waals surface area contributed by atoms with Gasteiger partial charge < -0.3 is 9.64 Å². The van der Waals surface area contributed by atoms with Gasteiger partial charge in [0.15, 0.2) is 5.13 Å². The molecule has 0 radical (unpaired) electrons. The monoisotopic (exact) mass is 440 g/mol. The normalized spacial score (nSPS) is 16.9. The second-order valence-electron chi connectivity index (χ2n) is 7.29. The van der Waals surface area contributed by atoms with Crippen molar-refractivity contribution in [1.82, 2.24) is 14.5 Å². The lowest BCUT2D eigenvalue weighted by atomic mass is 9.99. The van der Waals surface area contributed by atoms with Gasteiger partial charge in [0.1, 0.15) is 11.3 Å². The summed E-state index contributed by atoms with van der Waals surface area (Å²) >= 11 is 3.03. The predicted octanol–water partition coefficient (Wildman–Crippen LogP) is 3.53. The summed E-state index contributed by atoms with van der Waals surface area (Å²) in [4.78, 5) is 36.2. The van der Waals surface area contributed by atoms with Crippen molar-refractivity contribution in [3.63, 3.8) is 0 Å². The quantitative estimate of drug-likeness (QED) is 0.442. The van der Waals surface area contributed by atoms with E-state index in [-0.39, 0.29) is 24.1 Å². The number of carbonyl (C=O) groups is 1. The van der Waals surface area contributed by atoms with Crippen molar-refractivity contribution in [2.24, 2.45) is 5.92 Å². The van der Waals surface area contributed by atoms with Crippen LogP contribution in [0, 0.1) is 5.92 Å². The van der Waals surface area contributed by atoms with Gasteiger partial charge in [-0.2, -0.15) is 0 Å². The van der Waals surface area contributed by atoms with Crippen molar-refractivity contribution in [3.8, 4) is 0 Å². The first-order valence-electron chi connectivity index (χ1n) is 9.89. The van der Waals surface area contributed by atoms with Crippen LogP contribution in [0.25, 0.3) is 20.4 Å². The van der Waals surface area contributed by atoms with Crippen molar-refractivity contribution in [2.75, 3.05) is 24.6 Å². The van der Waals surface area contributed by atoms with Crippen LogP contribution in [0.5, 0.6) is 0 Å². The number of anilines is 1. The standard InChI is InChI=1S/C21H20N4O3S2/c26-19-18-16(7-11-29-18)22-13-25(19)9-10-28-20(27)14-4-3-8-24(12-14)21-23-15-5-1-2-6-17(15)30-21/h1-2,5-7,11,13-14H,3-4,8-10,12H2. The molecule has 0 saturated carbocycles. The number of hydrogen-bond acceptors (Lipinski definition) is 8. The second kappa shape index (κ2) is 8.16. The molecule has 7 nitrogen and oxygen atoms in total. The summed E-state index contributed by atoms with van der Waals surface area (Å²) in [5.74, 6) is -0.389. The molecule has 0 amide bonds. The lowest BCUT2D eigenvalue weighted by Crippen LogP contribution is -2.39. The molecule has 0 N–H and O–H groups in total. The van der Waals surface area contributed by atoms with Gasteiger partial charge in [0, 0.05) is 13.1 Å². The molecule has 1 saturated heterocycles. The molecular formula is C21H20N4O3S2. The van der Waals surface area contributed by atoms with Crippen LogP contribution in [-0.2, 0) is 16.1 Å². The van der Waals surface area contributed by atoms with Gasteiger partial charge in [-0.1, -0.05) is 23.5 Å². The van der Waals surface area contributed by atoms with Crippen LogP contribution < -0.4 is 10.5 Å². The second-order valence-corrected chi connectivity index (χ2v) is 9.22. The van der Waals surface area contributed by atoms with Crippen molar-refractivity contribution in [1.29, 1.82) is 0 Å². The number of rotatable bonds is 5. The Morgan fingerprint density at radius 2 is 2.13 bits per heavy atom. The Hall–Kier alpha value is -2.78. The zero-order valence-corrected chi connectivity index (χ0v) is 17.8. The molecule has 0 spiro atoms. The van der Waals surface area contributed by atoms with E-state index in [1.807, 2.05) is 29.6 Å². The summed E-state index contributed by atoms with van der Waals surface area (Å²) in [7, 11) is 0. The Bertz CT molecular complexity index is 1230. The number of nitrogens with zero attached hydrogens (tertiary/aromatic N) is 4. The molecule has 1 aromatic carbocycles. The zero-order valence-electron chi connectivity index (χ0n) is 16.2. The van der Waals surface area contributed by atoms with E-state index < -0.39 is 0 Å². The molecular weight excluding hydrogens is 420 g/mol. The topological polar surface area (TPSA) is 77.3 Å². The van der Waals surface area contributed by atoms with Crippen molar-refractivity contribution in [3.05, 3.63) is 52.4 Å². The largest absolute Gasteiger partial charge is 0.464 e. The van der Waals surface area contributed by atoms with E-state index in [2.05, 4.69) is 16.0 Å². The van der Waals surface area contributed by atoms with Crippen LogP contribution in [-0.4, -0.2) is 40.2 Å². The van der Waals surface area contributed by atoms with E-state index in [1.54, 1.807) is 11.3 Å². The lowest BCUT2D eigenvalue weighted by Gasteiger charge is -2.31. The Morgan fingerprint density at radius 1 is 1.23 bits per heavy atom. The fourth-order valence-electron chi connectivity index (χ4n) is 3.74. The summed E-state index contributed by atoms with van der Waals surface area (Å²) in [5, 5.41) is 2.81. The van der Waals surface area contributed by atoms with E-state index in [9.17, 15) is 9.59 Å². The molecule has 3 aromatic heterocycles. The smallest absolute Gasteiger partial charge is 0.310 e. The number of para-hydroxylation sites is 1. The Kier molecular flexibility index (Phi) is 5.22. The summed E-state index contributed by atoms with van der Waals surface area (Å²) in [6, 6.07) is 9.90. The van der Waals surface area contributed by atoms with Crippen LogP contribution >= 0.6 is 22.7 Å². The molecule has 1 unspecified atom stereocenters. The maximum absolute atomic E-state index is 12.6. The van der Waals surface area contributed by atoms with E-state index in [0.29, 0.717) is 23.3 Å². The molecule has 154 valence electrons. The van der Waals surface area contributed by atoms with Gasteiger partial charge in [-0.15, -0.1) is 11.3 Å². The molecule has 5 rings (SSSR count). The van der Waals surface area contributed by atoms with Crippen LogP contribution in [0.15, 0.2) is 46.8 Å². The Morgan fingerprint density at radius 3 is 3.03 bits per heavy atom. The first kappa shape index (κ1) is 19.2. The molecule has 4 heterocycles. The summed E-state index contributed by atoms with van der Waals surface area (Å²) in [5.41, 5.74) is 1.60. The van der Waals surface area contributed by atoms with Crippen molar-refractivity contribution < 1.29 is 9.53 Å². The first-order chi connectivity index (χ1) is 14.7. The Labute approximate surface area is 180 Å². The molecule has 1 aliphatic heterocycles. The fraction of sp³-hybridized carbons (Fsp3) is 0.333. The number of thiazole rings is 1. The highest BCUT2D eigenvalue weighted by Crippen LogP contribution is 2.31. The third-order valence-electron chi connectivity index (χ3n) is 5.32. The van der Waals surface area contributed by atoms with Gasteiger partial charge in [0.2, 0.25) is 0 Å². The number of fused-ring (bicyclic) bond motifs is 2. The van der Waals surface area contributed by atoms with Crippen molar-refractivity contribution >= 4 is 54.2 Å². The summed E-state index contributed by atoms with van der Waals surface area (Å²) < 4.78 is 8.79. The number of esters is 1. The van der Waals surface area contributed by atoms with Crippen LogP contribution in [0.2, 0.25) is 0 Å². The summed E-state index contributed by atoms with van der Waals surface area (Å²) in [6.45, 7) is 1.97. The summed E-state index contributed by atoms with van der Waals surface area (Å²) in [6.07, 6.45) is 3.25. The number of piperidine rings is 1. The fourth-order valence-corrected chi connectivity index (χ4v) is 5.53. The molecule has 4 aromatic rings. The first-order valence-corrected chi connectivity index (χ1v) is 11.6. The van der Waals surface area contributed by atoms with E-state index in [1.165, 1.54) is 22.2 Å². The van der Waals surface area contributed by atoms with E-state index >= 15 is 0 Å².